The molecule has 0 radical (unpaired) electrons. The fourth-order valence-electron chi connectivity index (χ4n) is 3.80. The molecule has 0 fully saturated rings. The highest BCUT2D eigenvalue weighted by molar-refractivity contribution is 6.01. The summed E-state index contributed by atoms with van der Waals surface area (Å²) in [6.45, 7) is 5.90. The van der Waals surface area contributed by atoms with Crippen molar-refractivity contribution >= 4 is 34.0 Å². The molecule has 168 valence electrons. The molecule has 33 heavy (non-hydrogen) atoms. The molecule has 11 heteroatoms. The molecule has 5 heterocycles. The Hall–Kier alpha value is -4.41. The Balaban J connectivity index is 1.53. The molecule has 0 unspecified atom stereocenters. The minimum atomic E-state index is 0.452. The average Bonchev–Trinajstić information content (AvgIpc) is 3.48. The van der Waals surface area contributed by atoms with Crippen molar-refractivity contribution in [1.29, 1.82) is 0 Å². The number of H-pyrrole nitrogens is 2. The molecule has 0 saturated carbocycles. The van der Waals surface area contributed by atoms with Gasteiger partial charge in [-0.3, -0.25) is 9.78 Å². The minimum Gasteiger partial charge on any atom is -0.478 e. The molecule has 0 bridgehead atoms. The van der Waals surface area contributed by atoms with E-state index in [4.69, 9.17) is 9.72 Å². The molecule has 0 saturated heterocycles. The van der Waals surface area contributed by atoms with Crippen LogP contribution in [0.15, 0.2) is 30.9 Å². The Bertz CT molecular complexity index is 1440. The number of aryl methyl sites for hydroxylation is 4. The van der Waals surface area contributed by atoms with E-state index in [1.165, 1.54) is 0 Å². The molecule has 0 aromatic carbocycles. The van der Waals surface area contributed by atoms with Gasteiger partial charge in [-0.25, -0.2) is 15.0 Å². The summed E-state index contributed by atoms with van der Waals surface area (Å²) >= 11 is 0. The Morgan fingerprint density at radius 1 is 1.12 bits per heavy atom. The summed E-state index contributed by atoms with van der Waals surface area (Å²) in [6.07, 6.45) is 7.33. The second kappa shape index (κ2) is 7.93. The number of hydrogen-bond acceptors (Lipinski definition) is 8. The number of aromatic nitrogens is 8. The topological polar surface area (TPSA) is 134 Å². The highest BCUT2D eigenvalue weighted by Crippen LogP contribution is 2.34. The van der Waals surface area contributed by atoms with Crippen LogP contribution in [0.4, 0.5) is 23.1 Å². The standard InChI is InChI=1S/C22H24N10O/c1-11-8-25-22(26-16-10-32(4)31-21(16)33-5)28-17(11)15-9-24-19-14(15)6-7-23-20(19)27-18-12(2)29-30-13(18)3/h6-10,24H,1-5H3,(H,23,27)(H,29,30)(H,25,26,28). The number of anilines is 4. The number of rotatable bonds is 6. The molecule has 0 amide bonds. The zero-order chi connectivity index (χ0) is 23.1. The van der Waals surface area contributed by atoms with E-state index >= 15 is 0 Å². The minimum absolute atomic E-state index is 0.452. The summed E-state index contributed by atoms with van der Waals surface area (Å²) in [7, 11) is 3.40. The first kappa shape index (κ1) is 20.5. The van der Waals surface area contributed by atoms with Crippen molar-refractivity contribution in [3.8, 4) is 17.1 Å². The van der Waals surface area contributed by atoms with Crippen LogP contribution in [0.2, 0.25) is 0 Å². The fourth-order valence-corrected chi connectivity index (χ4v) is 3.80. The Morgan fingerprint density at radius 2 is 1.97 bits per heavy atom. The van der Waals surface area contributed by atoms with Gasteiger partial charge in [0.15, 0.2) is 5.82 Å². The number of nitrogens with one attached hydrogen (secondary N) is 4. The van der Waals surface area contributed by atoms with Gasteiger partial charge in [-0.05, 0) is 32.4 Å². The van der Waals surface area contributed by atoms with Crippen LogP contribution in [0.5, 0.6) is 5.88 Å². The molecular weight excluding hydrogens is 420 g/mol. The Morgan fingerprint density at radius 3 is 2.73 bits per heavy atom. The van der Waals surface area contributed by atoms with E-state index in [-0.39, 0.29) is 0 Å². The van der Waals surface area contributed by atoms with E-state index in [0.717, 1.165) is 50.6 Å². The third-order valence-electron chi connectivity index (χ3n) is 5.44. The van der Waals surface area contributed by atoms with Crippen LogP contribution in [0.1, 0.15) is 17.0 Å². The van der Waals surface area contributed by atoms with Gasteiger partial charge in [0.05, 0.1) is 41.6 Å². The Labute approximate surface area is 189 Å². The van der Waals surface area contributed by atoms with E-state index in [2.05, 4.69) is 40.9 Å². The van der Waals surface area contributed by atoms with Crippen molar-refractivity contribution in [3.05, 3.63) is 47.8 Å². The lowest BCUT2D eigenvalue weighted by molar-refractivity contribution is 0.393. The van der Waals surface area contributed by atoms with E-state index in [0.29, 0.717) is 17.5 Å². The summed E-state index contributed by atoms with van der Waals surface area (Å²) in [5.41, 5.74) is 7.04. The van der Waals surface area contributed by atoms with E-state index in [1.807, 2.05) is 46.3 Å². The number of nitrogens with zero attached hydrogens (tertiary/aromatic N) is 6. The van der Waals surface area contributed by atoms with Crippen LogP contribution in [-0.4, -0.2) is 47.0 Å². The van der Waals surface area contributed by atoms with Gasteiger partial charge in [0.25, 0.3) is 5.88 Å². The van der Waals surface area contributed by atoms with Gasteiger partial charge in [-0.1, -0.05) is 0 Å². The van der Waals surface area contributed by atoms with Crippen molar-refractivity contribution in [2.45, 2.75) is 20.8 Å². The monoisotopic (exact) mass is 444 g/mol. The van der Waals surface area contributed by atoms with Crippen molar-refractivity contribution < 1.29 is 4.74 Å². The number of pyridine rings is 1. The molecule has 11 nitrogen and oxygen atoms in total. The Kier molecular flexibility index (Phi) is 4.93. The van der Waals surface area contributed by atoms with Crippen molar-refractivity contribution in [2.24, 2.45) is 7.05 Å². The number of ether oxygens (including phenoxy) is 1. The maximum atomic E-state index is 5.32. The highest BCUT2D eigenvalue weighted by atomic mass is 16.5. The van der Waals surface area contributed by atoms with Gasteiger partial charge in [0.1, 0.15) is 5.69 Å². The normalized spacial score (nSPS) is 11.2. The molecule has 5 rings (SSSR count). The quantitative estimate of drug-likeness (QED) is 0.310. The van der Waals surface area contributed by atoms with Crippen LogP contribution >= 0.6 is 0 Å². The fraction of sp³-hybridized carbons (Fsp3) is 0.227. The second-order valence-electron chi connectivity index (χ2n) is 7.79. The van der Waals surface area contributed by atoms with Gasteiger partial charge in [-0.2, -0.15) is 5.10 Å². The number of aromatic amines is 2. The molecule has 0 atom stereocenters. The van der Waals surface area contributed by atoms with Gasteiger partial charge < -0.3 is 20.4 Å². The van der Waals surface area contributed by atoms with Gasteiger partial charge in [0, 0.05) is 36.6 Å². The van der Waals surface area contributed by atoms with Crippen LogP contribution in [-0.2, 0) is 7.05 Å². The summed E-state index contributed by atoms with van der Waals surface area (Å²) < 4.78 is 6.99. The lowest BCUT2D eigenvalue weighted by atomic mass is 10.1. The van der Waals surface area contributed by atoms with E-state index in [1.54, 1.807) is 24.2 Å². The molecule has 0 aliphatic carbocycles. The van der Waals surface area contributed by atoms with Crippen molar-refractivity contribution in [1.82, 2.24) is 39.9 Å². The average molecular weight is 445 g/mol. The van der Waals surface area contributed by atoms with Crippen LogP contribution < -0.4 is 15.4 Å². The maximum Gasteiger partial charge on any atom is 0.256 e. The molecule has 5 aromatic rings. The van der Waals surface area contributed by atoms with Crippen LogP contribution in [0.25, 0.3) is 22.2 Å². The number of fused-ring (bicyclic) bond motifs is 1. The predicted octanol–water partition coefficient (Wildman–Crippen LogP) is 3.90. The van der Waals surface area contributed by atoms with Crippen LogP contribution in [0, 0.1) is 20.8 Å². The smallest absolute Gasteiger partial charge is 0.256 e. The molecule has 0 aliphatic heterocycles. The van der Waals surface area contributed by atoms with Gasteiger partial charge >= 0.3 is 0 Å². The molecule has 0 aliphatic rings. The van der Waals surface area contributed by atoms with Crippen molar-refractivity contribution in [3.63, 3.8) is 0 Å². The van der Waals surface area contributed by atoms with Gasteiger partial charge in [0.2, 0.25) is 5.95 Å². The summed E-state index contributed by atoms with van der Waals surface area (Å²) in [6, 6.07) is 1.97. The SMILES string of the molecule is COc1nn(C)cc1Nc1ncc(C)c(-c2c[nH]c3c(Nc4c(C)n[nH]c4C)nccc23)n1. The van der Waals surface area contributed by atoms with Gasteiger partial charge in [-0.15, -0.1) is 5.10 Å². The molecule has 0 spiro atoms. The predicted molar refractivity (Wildman–Crippen MR) is 126 cm³/mol. The molecule has 5 aromatic heterocycles. The maximum absolute atomic E-state index is 5.32. The first-order chi connectivity index (χ1) is 15.9. The highest BCUT2D eigenvalue weighted by Gasteiger charge is 2.17. The zero-order valence-electron chi connectivity index (χ0n) is 19.0. The lowest BCUT2D eigenvalue weighted by Crippen LogP contribution is -2.00. The van der Waals surface area contributed by atoms with Crippen LogP contribution in [0.3, 0.4) is 0 Å². The second-order valence-corrected chi connectivity index (χ2v) is 7.79. The number of methoxy groups -OCH3 is 1. The summed E-state index contributed by atoms with van der Waals surface area (Å²) in [4.78, 5) is 17.1. The molecular formula is C22H24N10O. The number of hydrogen-bond donors (Lipinski definition) is 4. The largest absolute Gasteiger partial charge is 0.478 e. The molecule has 4 N–H and O–H groups in total. The summed E-state index contributed by atoms with van der Waals surface area (Å²) in [5, 5.41) is 19.1. The van der Waals surface area contributed by atoms with Crippen molar-refractivity contribution in [2.75, 3.05) is 17.7 Å². The van der Waals surface area contributed by atoms with E-state index in [9.17, 15) is 0 Å². The first-order valence-corrected chi connectivity index (χ1v) is 10.4. The third kappa shape index (κ3) is 3.63. The third-order valence-corrected chi connectivity index (χ3v) is 5.44. The summed E-state index contributed by atoms with van der Waals surface area (Å²) in [5.74, 6) is 1.65. The first-order valence-electron chi connectivity index (χ1n) is 10.4. The van der Waals surface area contributed by atoms with E-state index < -0.39 is 0 Å². The lowest BCUT2D eigenvalue weighted by Gasteiger charge is -2.09. The zero-order valence-corrected chi connectivity index (χ0v) is 19.0.